The van der Waals surface area contributed by atoms with Gasteiger partial charge in [-0.3, -0.25) is 28.8 Å². The van der Waals surface area contributed by atoms with Crippen molar-refractivity contribution in [3.63, 3.8) is 0 Å². The predicted octanol–water partition coefficient (Wildman–Crippen LogP) is -2.34. The van der Waals surface area contributed by atoms with Gasteiger partial charge in [0.2, 0.25) is 0 Å². The molecule has 0 fully saturated rings. The van der Waals surface area contributed by atoms with Crippen LogP contribution in [0.2, 0.25) is 0 Å². The van der Waals surface area contributed by atoms with Crippen molar-refractivity contribution >= 4 is 35.8 Å². The molecular formula is C12H25NaO12. The molecule has 6 N–H and O–H groups in total. The van der Waals surface area contributed by atoms with Gasteiger partial charge in [0.05, 0.1) is 0 Å². The summed E-state index contributed by atoms with van der Waals surface area (Å²) >= 11 is 0. The molecule has 25 heavy (non-hydrogen) atoms. The Morgan fingerprint density at radius 1 is 0.400 bits per heavy atom. The fourth-order valence-electron chi connectivity index (χ4n) is 0. The predicted molar refractivity (Wildman–Crippen MR) is 81.0 cm³/mol. The maximum atomic E-state index is 9.00. The molecule has 0 spiro atoms. The van der Waals surface area contributed by atoms with Crippen molar-refractivity contribution < 1.29 is 90.4 Å². The Morgan fingerprint density at radius 2 is 0.400 bits per heavy atom. The average Bonchev–Trinajstić information content (AvgIpc) is 2.08. The largest absolute Gasteiger partial charge is 1.00 e. The number of carboxylic acid groups (broad SMARTS) is 6. The third-order valence-corrected chi connectivity index (χ3v) is 0. The topological polar surface area (TPSA) is 224 Å². The summed E-state index contributed by atoms with van der Waals surface area (Å²) in [5, 5.41) is 44.5. The first-order chi connectivity index (χ1) is 10.4. The number of carboxylic acids is 6. The third-order valence-electron chi connectivity index (χ3n) is 0. The first-order valence-electron chi connectivity index (χ1n) is 5.57. The van der Waals surface area contributed by atoms with E-state index in [2.05, 4.69) is 0 Å². The second-order valence-electron chi connectivity index (χ2n) is 3.11. The molecule has 0 aliphatic heterocycles. The van der Waals surface area contributed by atoms with Crippen molar-refractivity contribution in [2.75, 3.05) is 0 Å². The van der Waals surface area contributed by atoms with Crippen molar-refractivity contribution in [3.05, 3.63) is 0 Å². The van der Waals surface area contributed by atoms with Crippen LogP contribution in [-0.4, -0.2) is 66.5 Å². The van der Waals surface area contributed by atoms with E-state index >= 15 is 0 Å². The number of carbonyl (C=O) groups is 6. The molecule has 0 bridgehead atoms. The molecule has 0 saturated carbocycles. The molecule has 146 valence electrons. The van der Waals surface area contributed by atoms with E-state index in [1.165, 1.54) is 0 Å². The molecule has 0 unspecified atom stereocenters. The molecule has 0 amide bonds. The van der Waals surface area contributed by atoms with Crippen molar-refractivity contribution in [1.82, 2.24) is 0 Å². The zero-order valence-corrected chi connectivity index (χ0v) is 17.1. The van der Waals surface area contributed by atoms with Crippen LogP contribution in [0.15, 0.2) is 0 Å². The molecule has 0 aromatic carbocycles. The van der Waals surface area contributed by atoms with Crippen LogP contribution in [0.3, 0.4) is 0 Å². The van der Waals surface area contributed by atoms with E-state index in [1.807, 2.05) is 0 Å². The molecule has 0 rings (SSSR count). The maximum Gasteiger partial charge on any atom is 1.00 e. The smallest absolute Gasteiger partial charge is 1.00 e. The molecule has 0 saturated heterocycles. The van der Waals surface area contributed by atoms with E-state index in [1.54, 1.807) is 0 Å². The Labute approximate surface area is 167 Å². The fraction of sp³-hybridized carbons (Fsp3) is 0.500. The normalized spacial score (nSPS) is 6.00. The van der Waals surface area contributed by atoms with Gasteiger partial charge in [-0.2, -0.15) is 0 Å². The van der Waals surface area contributed by atoms with Gasteiger partial charge >= 0.3 is 29.6 Å². The maximum absolute atomic E-state index is 9.00. The molecule has 0 atom stereocenters. The summed E-state index contributed by atoms with van der Waals surface area (Å²) in [6.45, 7) is 6.50. The molecule has 0 aliphatic carbocycles. The number of aliphatic carboxylic acids is 6. The van der Waals surface area contributed by atoms with Crippen LogP contribution in [0.25, 0.3) is 0 Å². The van der Waals surface area contributed by atoms with Crippen LogP contribution in [0.1, 0.15) is 43.0 Å². The summed E-state index contributed by atoms with van der Waals surface area (Å²) in [5.74, 6) is -5.00. The zero-order chi connectivity index (χ0) is 21.5. The van der Waals surface area contributed by atoms with Crippen molar-refractivity contribution in [2.45, 2.75) is 41.5 Å². The molecule has 0 aromatic heterocycles. The van der Waals surface area contributed by atoms with E-state index < -0.39 is 35.8 Å². The second kappa shape index (κ2) is 37.8. The molecule has 13 heteroatoms. The van der Waals surface area contributed by atoms with Gasteiger partial charge in [0.15, 0.2) is 0 Å². The minimum Gasteiger partial charge on any atom is -1.00 e. The summed E-state index contributed by atoms with van der Waals surface area (Å²) in [5.41, 5.74) is 0. The van der Waals surface area contributed by atoms with Gasteiger partial charge in [-0.05, 0) is 0 Å². The standard InChI is InChI=1S/6C2H4O2.Na.H/c6*1-2(3)4;;/h6*1H3,(H,3,4);;/q;;;;;;+1;-1. The minimum atomic E-state index is -0.833. The Balaban J connectivity index is -0.0000000245. The Morgan fingerprint density at radius 3 is 0.400 bits per heavy atom. The van der Waals surface area contributed by atoms with Crippen LogP contribution in [0.5, 0.6) is 0 Å². The molecule has 0 aromatic rings. The Hall–Kier alpha value is -2.18. The summed E-state index contributed by atoms with van der Waals surface area (Å²) < 4.78 is 0. The van der Waals surface area contributed by atoms with Crippen LogP contribution in [0, 0.1) is 0 Å². The van der Waals surface area contributed by atoms with E-state index in [-0.39, 0.29) is 31.0 Å². The first kappa shape index (κ1) is 43.4. The van der Waals surface area contributed by atoms with Crippen molar-refractivity contribution in [2.24, 2.45) is 0 Å². The molecule has 12 nitrogen and oxygen atoms in total. The van der Waals surface area contributed by atoms with Gasteiger partial charge < -0.3 is 32.1 Å². The van der Waals surface area contributed by atoms with E-state index in [0.717, 1.165) is 41.5 Å². The Bertz CT molecular complexity index is 267. The summed E-state index contributed by atoms with van der Waals surface area (Å²) in [7, 11) is 0. The van der Waals surface area contributed by atoms with Crippen LogP contribution in [-0.2, 0) is 28.8 Å². The molecular weight excluding hydrogens is 359 g/mol. The van der Waals surface area contributed by atoms with Gasteiger partial charge in [-0.15, -0.1) is 0 Å². The van der Waals surface area contributed by atoms with E-state index in [9.17, 15) is 0 Å². The van der Waals surface area contributed by atoms with Crippen LogP contribution < -0.4 is 29.6 Å². The summed E-state index contributed by atoms with van der Waals surface area (Å²) in [4.78, 5) is 54.0. The zero-order valence-electron chi connectivity index (χ0n) is 16.1. The fourth-order valence-corrected chi connectivity index (χ4v) is 0. The number of hydrogen-bond acceptors (Lipinski definition) is 6. The van der Waals surface area contributed by atoms with Gasteiger partial charge in [0, 0.05) is 41.5 Å². The second-order valence-corrected chi connectivity index (χ2v) is 3.11. The summed E-state index contributed by atoms with van der Waals surface area (Å²) in [6, 6.07) is 0. The van der Waals surface area contributed by atoms with E-state index in [4.69, 9.17) is 59.4 Å². The number of hydrogen-bond donors (Lipinski definition) is 6. The van der Waals surface area contributed by atoms with Crippen molar-refractivity contribution in [3.8, 4) is 0 Å². The third kappa shape index (κ3) is 1800. The van der Waals surface area contributed by atoms with Crippen LogP contribution >= 0.6 is 0 Å². The molecule has 0 aliphatic rings. The van der Waals surface area contributed by atoms with Gasteiger partial charge in [0.25, 0.3) is 35.8 Å². The molecule has 0 radical (unpaired) electrons. The molecule has 0 heterocycles. The number of rotatable bonds is 0. The van der Waals surface area contributed by atoms with Gasteiger partial charge in [-0.25, -0.2) is 0 Å². The SMILES string of the molecule is CC(=O)O.CC(=O)O.CC(=O)O.CC(=O)O.CC(=O)O.CC(=O)O.[H-].[Na+]. The average molecular weight is 384 g/mol. The van der Waals surface area contributed by atoms with Crippen molar-refractivity contribution in [1.29, 1.82) is 0 Å². The Kier molecular flexibility index (Phi) is 65.6. The van der Waals surface area contributed by atoms with Gasteiger partial charge in [0.1, 0.15) is 0 Å². The van der Waals surface area contributed by atoms with Crippen LogP contribution in [0.4, 0.5) is 0 Å². The first-order valence-corrected chi connectivity index (χ1v) is 5.57. The minimum absolute atomic E-state index is 0. The summed E-state index contributed by atoms with van der Waals surface area (Å²) in [6.07, 6.45) is 0. The van der Waals surface area contributed by atoms with Gasteiger partial charge in [-0.1, -0.05) is 0 Å². The van der Waals surface area contributed by atoms with E-state index in [0.29, 0.717) is 0 Å². The monoisotopic (exact) mass is 384 g/mol. The quantitative estimate of drug-likeness (QED) is 0.242.